The van der Waals surface area contributed by atoms with E-state index in [0.29, 0.717) is 0 Å². The second kappa shape index (κ2) is 4.10. The van der Waals surface area contributed by atoms with Gasteiger partial charge in [-0.2, -0.15) is 0 Å². The van der Waals surface area contributed by atoms with Gasteiger partial charge >= 0.3 is 0 Å². The molecule has 11 heavy (non-hydrogen) atoms. The van der Waals surface area contributed by atoms with Crippen LogP contribution in [0.15, 0.2) is 29.2 Å². The average molecular weight is 162 g/mol. The Morgan fingerprint density at radius 2 is 2.27 bits per heavy atom. The fraction of sp³-hybridized carbons (Fsp3) is 0.200. The summed E-state index contributed by atoms with van der Waals surface area (Å²) in [5, 5.41) is 0. The highest BCUT2D eigenvalue weighted by Gasteiger charge is 1.88. The van der Waals surface area contributed by atoms with Crippen LogP contribution in [-0.4, -0.2) is 0 Å². The van der Waals surface area contributed by atoms with E-state index in [1.807, 2.05) is 25.1 Å². The molecule has 0 atom stereocenters. The van der Waals surface area contributed by atoms with Crippen LogP contribution in [0.3, 0.4) is 0 Å². The summed E-state index contributed by atoms with van der Waals surface area (Å²) < 4.78 is 0. The van der Waals surface area contributed by atoms with Crippen molar-refractivity contribution >= 4 is 12.6 Å². The predicted octanol–water partition coefficient (Wildman–Crippen LogP) is 2.54. The second-order valence-electron chi connectivity index (χ2n) is 2.27. The summed E-state index contributed by atoms with van der Waals surface area (Å²) in [4.78, 5) is 1.00. The summed E-state index contributed by atoms with van der Waals surface area (Å²) in [5.41, 5.74) is 1.23. The molecular weight excluding hydrogens is 152 g/mol. The zero-order chi connectivity index (χ0) is 8.10. The van der Waals surface area contributed by atoms with Crippen LogP contribution < -0.4 is 0 Å². The van der Waals surface area contributed by atoms with Gasteiger partial charge in [-0.15, -0.1) is 18.5 Å². The third kappa shape index (κ3) is 2.69. The van der Waals surface area contributed by atoms with Crippen LogP contribution >= 0.6 is 12.6 Å². The molecule has 0 aromatic heterocycles. The molecule has 0 aliphatic rings. The van der Waals surface area contributed by atoms with Gasteiger partial charge in [0.1, 0.15) is 0 Å². The van der Waals surface area contributed by atoms with Crippen molar-refractivity contribution in [1.29, 1.82) is 0 Å². The average Bonchev–Trinajstić information content (AvgIpc) is 2.01. The Morgan fingerprint density at radius 1 is 1.45 bits per heavy atom. The Kier molecular flexibility index (Phi) is 3.07. The minimum Gasteiger partial charge on any atom is -0.143 e. The molecule has 56 valence electrons. The molecule has 0 spiro atoms. The predicted molar refractivity (Wildman–Crippen MR) is 50.8 cm³/mol. The molecule has 0 aliphatic heterocycles. The summed E-state index contributed by atoms with van der Waals surface area (Å²) in [6.45, 7) is 1.85. The molecule has 0 saturated heterocycles. The topological polar surface area (TPSA) is 0 Å². The number of thiol groups is 1. The molecule has 0 heterocycles. The van der Waals surface area contributed by atoms with Crippen molar-refractivity contribution in [3.8, 4) is 11.8 Å². The lowest BCUT2D eigenvalue weighted by Gasteiger charge is -1.94. The van der Waals surface area contributed by atoms with Gasteiger partial charge in [-0.1, -0.05) is 18.1 Å². The fourth-order valence-electron chi connectivity index (χ4n) is 0.857. The lowest BCUT2D eigenvalue weighted by atomic mass is 10.2. The summed E-state index contributed by atoms with van der Waals surface area (Å²) in [5.74, 6) is 5.87. The first-order valence-electron chi connectivity index (χ1n) is 3.50. The highest BCUT2D eigenvalue weighted by atomic mass is 32.1. The second-order valence-corrected chi connectivity index (χ2v) is 2.79. The standard InChI is InChI=1S/C10H10S/c1-2-3-5-9-6-4-7-10(11)8-9/h4,6-8,11H,5H2,1H3. The van der Waals surface area contributed by atoms with Gasteiger partial charge in [0.2, 0.25) is 0 Å². The smallest absolute Gasteiger partial charge is 0.0340 e. The minimum absolute atomic E-state index is 0.824. The number of rotatable bonds is 1. The van der Waals surface area contributed by atoms with Gasteiger partial charge in [-0.3, -0.25) is 0 Å². The van der Waals surface area contributed by atoms with Crippen LogP contribution in [0.4, 0.5) is 0 Å². The minimum atomic E-state index is 0.824. The molecule has 0 unspecified atom stereocenters. The normalized spacial score (nSPS) is 8.55. The van der Waals surface area contributed by atoms with E-state index < -0.39 is 0 Å². The zero-order valence-electron chi connectivity index (χ0n) is 6.46. The van der Waals surface area contributed by atoms with E-state index in [1.165, 1.54) is 5.56 Å². The first-order chi connectivity index (χ1) is 5.33. The van der Waals surface area contributed by atoms with Crippen LogP contribution in [0, 0.1) is 11.8 Å². The van der Waals surface area contributed by atoms with Crippen LogP contribution in [0.5, 0.6) is 0 Å². The molecule has 0 bridgehead atoms. The Labute approximate surface area is 73.0 Å². The summed E-state index contributed by atoms with van der Waals surface area (Å²) in [6, 6.07) is 8.05. The van der Waals surface area contributed by atoms with Crippen molar-refractivity contribution in [2.24, 2.45) is 0 Å². The van der Waals surface area contributed by atoms with Crippen molar-refractivity contribution in [3.05, 3.63) is 29.8 Å². The van der Waals surface area contributed by atoms with Crippen molar-refractivity contribution in [3.63, 3.8) is 0 Å². The van der Waals surface area contributed by atoms with E-state index in [-0.39, 0.29) is 0 Å². The van der Waals surface area contributed by atoms with E-state index in [9.17, 15) is 0 Å². The van der Waals surface area contributed by atoms with Crippen LogP contribution in [-0.2, 0) is 6.42 Å². The summed E-state index contributed by atoms with van der Waals surface area (Å²) in [6.07, 6.45) is 0.824. The number of benzene rings is 1. The van der Waals surface area contributed by atoms with E-state index >= 15 is 0 Å². The molecule has 0 radical (unpaired) electrons. The quantitative estimate of drug-likeness (QED) is 0.476. The highest BCUT2D eigenvalue weighted by molar-refractivity contribution is 7.80. The third-order valence-corrected chi connectivity index (χ3v) is 1.66. The van der Waals surface area contributed by atoms with Gasteiger partial charge in [-0.25, -0.2) is 0 Å². The first kappa shape index (κ1) is 8.23. The van der Waals surface area contributed by atoms with E-state index in [2.05, 4.69) is 30.5 Å². The molecule has 0 fully saturated rings. The maximum Gasteiger partial charge on any atom is 0.0340 e. The molecule has 1 rings (SSSR count). The maximum atomic E-state index is 4.23. The van der Waals surface area contributed by atoms with Gasteiger partial charge in [-0.05, 0) is 24.6 Å². The number of hydrogen-bond donors (Lipinski definition) is 1. The van der Waals surface area contributed by atoms with Crippen molar-refractivity contribution in [2.75, 3.05) is 0 Å². The Hall–Kier alpha value is -0.870. The zero-order valence-corrected chi connectivity index (χ0v) is 7.36. The maximum absolute atomic E-state index is 4.23. The van der Waals surface area contributed by atoms with E-state index in [0.717, 1.165) is 11.3 Å². The first-order valence-corrected chi connectivity index (χ1v) is 3.95. The molecule has 0 N–H and O–H groups in total. The summed E-state index contributed by atoms with van der Waals surface area (Å²) in [7, 11) is 0. The largest absolute Gasteiger partial charge is 0.143 e. The van der Waals surface area contributed by atoms with Crippen LogP contribution in [0.25, 0.3) is 0 Å². The van der Waals surface area contributed by atoms with Crippen molar-refractivity contribution < 1.29 is 0 Å². The van der Waals surface area contributed by atoms with Crippen molar-refractivity contribution in [2.45, 2.75) is 18.2 Å². The molecule has 1 aromatic carbocycles. The molecule has 0 aliphatic carbocycles. The van der Waals surface area contributed by atoms with Gasteiger partial charge in [0.25, 0.3) is 0 Å². The monoisotopic (exact) mass is 162 g/mol. The lowest BCUT2D eigenvalue weighted by Crippen LogP contribution is -1.79. The Bertz CT molecular complexity index is 291. The lowest BCUT2D eigenvalue weighted by molar-refractivity contribution is 1.27. The van der Waals surface area contributed by atoms with E-state index in [1.54, 1.807) is 0 Å². The molecule has 0 amide bonds. The van der Waals surface area contributed by atoms with E-state index in [4.69, 9.17) is 0 Å². The van der Waals surface area contributed by atoms with Gasteiger partial charge in [0.05, 0.1) is 0 Å². The van der Waals surface area contributed by atoms with Gasteiger partial charge < -0.3 is 0 Å². The molecule has 1 heteroatoms. The molecular formula is C10H10S. The van der Waals surface area contributed by atoms with Crippen LogP contribution in [0.1, 0.15) is 12.5 Å². The SMILES string of the molecule is CC#CCc1cccc(S)c1. The van der Waals surface area contributed by atoms with Gasteiger partial charge in [0, 0.05) is 11.3 Å². The fourth-order valence-corrected chi connectivity index (χ4v) is 1.11. The molecule has 1 aromatic rings. The van der Waals surface area contributed by atoms with Crippen molar-refractivity contribution in [1.82, 2.24) is 0 Å². The molecule has 0 nitrogen and oxygen atoms in total. The summed E-state index contributed by atoms with van der Waals surface area (Å²) >= 11 is 4.23. The Balaban J connectivity index is 2.76. The van der Waals surface area contributed by atoms with Gasteiger partial charge in [0.15, 0.2) is 0 Å². The van der Waals surface area contributed by atoms with Crippen LogP contribution in [0.2, 0.25) is 0 Å². The number of hydrogen-bond acceptors (Lipinski definition) is 1. The Morgan fingerprint density at radius 3 is 2.91 bits per heavy atom. The molecule has 0 saturated carbocycles. The third-order valence-electron chi connectivity index (χ3n) is 1.38. The highest BCUT2D eigenvalue weighted by Crippen LogP contribution is 2.08.